The van der Waals surface area contributed by atoms with Crippen LogP contribution in [-0.4, -0.2) is 43.0 Å². The zero-order chi connectivity index (χ0) is 21.8. The number of alkyl carbamates (subject to hydrolysis) is 1. The van der Waals surface area contributed by atoms with Gasteiger partial charge in [0.15, 0.2) is 6.61 Å². The van der Waals surface area contributed by atoms with Crippen LogP contribution in [0.25, 0.3) is 0 Å². The van der Waals surface area contributed by atoms with Gasteiger partial charge in [-0.3, -0.25) is 19.7 Å². The van der Waals surface area contributed by atoms with E-state index in [1.807, 2.05) is 5.32 Å². The van der Waals surface area contributed by atoms with Crippen LogP contribution in [0.5, 0.6) is 0 Å². The fourth-order valence-corrected chi connectivity index (χ4v) is 2.72. The highest BCUT2D eigenvalue weighted by Crippen LogP contribution is 2.29. The Morgan fingerprint density at radius 3 is 2.30 bits per heavy atom. The minimum atomic E-state index is -0.971. The van der Waals surface area contributed by atoms with Crippen molar-refractivity contribution in [3.8, 4) is 0 Å². The summed E-state index contributed by atoms with van der Waals surface area (Å²) in [5.74, 6) is -3.65. The van der Waals surface area contributed by atoms with Crippen molar-refractivity contribution >= 4 is 35.5 Å². The number of benzene rings is 2. The number of imide groups is 2. The highest BCUT2D eigenvalue weighted by Gasteiger charge is 2.37. The summed E-state index contributed by atoms with van der Waals surface area (Å²) >= 11 is 0. The van der Waals surface area contributed by atoms with Crippen LogP contribution in [0.4, 0.5) is 14.9 Å². The number of carbonyl (C=O) groups excluding carboxylic acids is 5. The van der Waals surface area contributed by atoms with E-state index < -0.39 is 42.2 Å². The molecule has 0 fully saturated rings. The molecule has 30 heavy (non-hydrogen) atoms. The summed E-state index contributed by atoms with van der Waals surface area (Å²) in [6.45, 7) is 0.875. The van der Waals surface area contributed by atoms with Crippen LogP contribution in [0.1, 0.15) is 38.0 Å². The molecule has 1 aliphatic heterocycles. The first kappa shape index (κ1) is 20.6. The van der Waals surface area contributed by atoms with Crippen molar-refractivity contribution in [2.24, 2.45) is 0 Å². The molecule has 0 saturated carbocycles. The molecule has 1 heterocycles. The predicted octanol–water partition coefficient (Wildman–Crippen LogP) is 2.06. The molecular formula is C20H15FN2O7. The van der Waals surface area contributed by atoms with Crippen LogP contribution in [-0.2, 0) is 14.3 Å². The number of anilines is 1. The van der Waals surface area contributed by atoms with E-state index in [-0.39, 0.29) is 29.0 Å². The van der Waals surface area contributed by atoms with E-state index in [2.05, 4.69) is 4.74 Å². The van der Waals surface area contributed by atoms with E-state index >= 15 is 0 Å². The van der Waals surface area contributed by atoms with Crippen molar-refractivity contribution in [3.63, 3.8) is 0 Å². The normalized spacial score (nSPS) is 12.4. The minimum Gasteiger partial charge on any atom is -0.452 e. The van der Waals surface area contributed by atoms with Gasteiger partial charge >= 0.3 is 12.1 Å². The third kappa shape index (κ3) is 4.17. The van der Waals surface area contributed by atoms with Crippen LogP contribution in [0.3, 0.4) is 0 Å². The molecule has 1 aliphatic rings. The second-order valence-corrected chi connectivity index (χ2v) is 6.03. The first-order chi connectivity index (χ1) is 14.3. The Morgan fingerprint density at radius 1 is 0.967 bits per heavy atom. The number of halogens is 1. The quantitative estimate of drug-likeness (QED) is 0.587. The van der Waals surface area contributed by atoms with Crippen molar-refractivity contribution < 1.29 is 37.8 Å². The Balaban J connectivity index is 1.71. The number of hydrogen-bond acceptors (Lipinski definition) is 7. The number of fused-ring (bicyclic) bond motifs is 1. The van der Waals surface area contributed by atoms with Crippen LogP contribution in [0.15, 0.2) is 42.5 Å². The molecule has 154 valence electrons. The predicted molar refractivity (Wildman–Crippen MR) is 99.4 cm³/mol. The van der Waals surface area contributed by atoms with E-state index in [4.69, 9.17) is 4.74 Å². The molecule has 2 aromatic rings. The largest absolute Gasteiger partial charge is 0.452 e. The summed E-state index contributed by atoms with van der Waals surface area (Å²) in [6.07, 6.45) is -0.971. The average molecular weight is 414 g/mol. The lowest BCUT2D eigenvalue weighted by molar-refractivity contribution is -0.123. The molecule has 0 spiro atoms. The molecule has 1 N–H and O–H groups in total. The second kappa shape index (κ2) is 8.52. The molecule has 0 bridgehead atoms. The zero-order valence-electron chi connectivity index (χ0n) is 15.6. The summed E-state index contributed by atoms with van der Waals surface area (Å²) in [5, 5.41) is 1.86. The van der Waals surface area contributed by atoms with Gasteiger partial charge in [0.2, 0.25) is 0 Å². The Morgan fingerprint density at radius 2 is 1.63 bits per heavy atom. The molecule has 0 aliphatic carbocycles. The number of amides is 4. The lowest BCUT2D eigenvalue weighted by Crippen LogP contribution is -2.34. The van der Waals surface area contributed by atoms with Crippen molar-refractivity contribution in [1.82, 2.24) is 5.32 Å². The molecule has 4 amide bonds. The van der Waals surface area contributed by atoms with Crippen LogP contribution in [0, 0.1) is 5.82 Å². The number of carbonyl (C=O) groups is 5. The van der Waals surface area contributed by atoms with Crippen molar-refractivity contribution in [2.75, 3.05) is 18.1 Å². The van der Waals surface area contributed by atoms with Gasteiger partial charge in [0.05, 0.1) is 29.0 Å². The van der Waals surface area contributed by atoms with Gasteiger partial charge in [-0.05, 0) is 49.4 Å². The summed E-state index contributed by atoms with van der Waals surface area (Å²) in [6, 6.07) is 8.53. The molecule has 0 unspecified atom stereocenters. The highest BCUT2D eigenvalue weighted by molar-refractivity contribution is 6.34. The number of esters is 1. The zero-order valence-corrected chi connectivity index (χ0v) is 15.6. The maximum absolute atomic E-state index is 13.1. The van der Waals surface area contributed by atoms with Crippen molar-refractivity contribution in [1.29, 1.82) is 0 Å². The van der Waals surface area contributed by atoms with Gasteiger partial charge < -0.3 is 9.47 Å². The van der Waals surface area contributed by atoms with Crippen molar-refractivity contribution in [2.45, 2.75) is 6.92 Å². The topological polar surface area (TPSA) is 119 Å². The average Bonchev–Trinajstić information content (AvgIpc) is 2.97. The molecule has 3 rings (SSSR count). The number of hydrogen-bond donors (Lipinski definition) is 1. The van der Waals surface area contributed by atoms with E-state index in [0.29, 0.717) is 0 Å². The Bertz CT molecular complexity index is 1050. The second-order valence-electron chi connectivity index (χ2n) is 6.03. The van der Waals surface area contributed by atoms with Crippen LogP contribution >= 0.6 is 0 Å². The Hall–Kier alpha value is -4.08. The Labute approximate surface area is 169 Å². The summed E-state index contributed by atoms with van der Waals surface area (Å²) in [4.78, 5) is 60.9. The smallest absolute Gasteiger partial charge is 0.413 e. The first-order valence-corrected chi connectivity index (χ1v) is 8.74. The number of nitrogens with zero attached hydrogens (tertiary/aromatic N) is 1. The van der Waals surface area contributed by atoms with Gasteiger partial charge in [-0.15, -0.1) is 0 Å². The van der Waals surface area contributed by atoms with E-state index in [0.717, 1.165) is 17.0 Å². The summed E-state index contributed by atoms with van der Waals surface area (Å²) in [7, 11) is 0. The maximum atomic E-state index is 13.1. The SMILES string of the molecule is CCOC(=O)NC(=O)COC(=O)c1ccc2c(c1)C(=O)N(c1ccc(F)cc1)C2=O. The van der Waals surface area contributed by atoms with Gasteiger partial charge in [-0.1, -0.05) is 0 Å². The third-order valence-electron chi connectivity index (χ3n) is 4.06. The fraction of sp³-hybridized carbons (Fsp3) is 0.150. The van der Waals surface area contributed by atoms with Gasteiger partial charge in [0.1, 0.15) is 5.82 Å². The summed E-state index contributed by atoms with van der Waals surface area (Å²) < 4.78 is 22.4. The maximum Gasteiger partial charge on any atom is 0.413 e. The number of ether oxygens (including phenoxy) is 2. The standard InChI is InChI=1S/C20H15FN2O7/c1-2-29-20(28)22-16(24)10-30-19(27)11-3-8-14-15(9-11)18(26)23(17(14)25)13-6-4-12(21)5-7-13/h3-9H,2,10H2,1H3,(H,22,24,28). The summed E-state index contributed by atoms with van der Waals surface area (Å²) in [5.41, 5.74) is 0.151. The van der Waals surface area contributed by atoms with Crippen molar-refractivity contribution in [3.05, 3.63) is 65.0 Å². The first-order valence-electron chi connectivity index (χ1n) is 8.74. The molecule has 0 radical (unpaired) electrons. The lowest BCUT2D eigenvalue weighted by atomic mass is 10.1. The Kier molecular flexibility index (Phi) is 5.86. The third-order valence-corrected chi connectivity index (χ3v) is 4.06. The number of rotatable bonds is 5. The minimum absolute atomic E-state index is 0.0326. The van der Waals surface area contributed by atoms with Gasteiger partial charge in [-0.2, -0.15) is 0 Å². The lowest BCUT2D eigenvalue weighted by Gasteiger charge is -2.13. The monoisotopic (exact) mass is 414 g/mol. The molecule has 0 saturated heterocycles. The molecule has 0 aromatic heterocycles. The van der Waals surface area contributed by atoms with Gasteiger partial charge in [0, 0.05) is 0 Å². The van der Waals surface area contributed by atoms with E-state index in [1.165, 1.54) is 30.3 Å². The molecule has 0 atom stereocenters. The van der Waals surface area contributed by atoms with Gasteiger partial charge in [0.25, 0.3) is 17.7 Å². The number of nitrogens with one attached hydrogen (secondary N) is 1. The molecule has 2 aromatic carbocycles. The molecule has 9 nitrogen and oxygen atoms in total. The highest BCUT2D eigenvalue weighted by atomic mass is 19.1. The van der Waals surface area contributed by atoms with Crippen LogP contribution in [0.2, 0.25) is 0 Å². The molecular weight excluding hydrogens is 399 g/mol. The van der Waals surface area contributed by atoms with Gasteiger partial charge in [-0.25, -0.2) is 18.9 Å². The fourth-order valence-electron chi connectivity index (χ4n) is 2.72. The molecule has 10 heteroatoms. The van der Waals surface area contributed by atoms with E-state index in [1.54, 1.807) is 6.92 Å². The van der Waals surface area contributed by atoms with Crippen LogP contribution < -0.4 is 10.2 Å². The van der Waals surface area contributed by atoms with E-state index in [9.17, 15) is 28.4 Å².